The minimum Gasteiger partial charge on any atom is -0.502 e. The van der Waals surface area contributed by atoms with E-state index in [1.165, 1.54) is 17.7 Å². The lowest BCUT2D eigenvalue weighted by molar-refractivity contribution is -0.384. The van der Waals surface area contributed by atoms with E-state index in [9.17, 15) is 25.1 Å². The van der Waals surface area contributed by atoms with E-state index in [0.29, 0.717) is 11.5 Å². The molecule has 180 valence electrons. The Kier molecular flexibility index (Phi) is 6.45. The summed E-state index contributed by atoms with van der Waals surface area (Å²) in [5.41, 5.74) is 5.83. The van der Waals surface area contributed by atoms with Crippen molar-refractivity contribution in [2.24, 2.45) is 0 Å². The number of fused-ring (bicyclic) bond motifs is 1. The van der Waals surface area contributed by atoms with Crippen LogP contribution in [0.25, 0.3) is 11.1 Å². The normalized spacial score (nSPS) is 12.3. The zero-order chi connectivity index (χ0) is 25.4. The van der Waals surface area contributed by atoms with Crippen molar-refractivity contribution in [1.82, 2.24) is 0 Å². The Morgan fingerprint density at radius 1 is 0.971 bits per heavy atom. The van der Waals surface area contributed by atoms with Gasteiger partial charge in [0.2, 0.25) is 11.2 Å². The third-order valence-electron chi connectivity index (χ3n) is 6.41. The Labute approximate surface area is 202 Å². The number of nitro groups is 1. The van der Waals surface area contributed by atoms with E-state index in [-0.39, 0.29) is 17.2 Å². The number of non-ortho nitro benzene ring substituents is 1. The van der Waals surface area contributed by atoms with Gasteiger partial charge < -0.3 is 14.6 Å². The number of aliphatic hydroxyl groups excluding tert-OH is 1. The molecular formula is C28H27NO6. The number of benzene rings is 1. The number of hydrogen-bond donors (Lipinski definition) is 2. The van der Waals surface area contributed by atoms with Crippen LogP contribution in [0.2, 0.25) is 0 Å². The maximum Gasteiger partial charge on any atom is 0.269 e. The van der Waals surface area contributed by atoms with Crippen LogP contribution in [-0.4, -0.2) is 15.1 Å². The molecule has 2 aromatic rings. The highest BCUT2D eigenvalue weighted by Crippen LogP contribution is 2.45. The molecule has 4 rings (SSSR count). The van der Waals surface area contributed by atoms with Crippen LogP contribution in [0.15, 0.2) is 63.8 Å². The monoisotopic (exact) mass is 473 g/mol. The minimum atomic E-state index is -0.741. The zero-order valence-corrected chi connectivity index (χ0v) is 20.0. The summed E-state index contributed by atoms with van der Waals surface area (Å²) in [6, 6.07) is 15.3. The smallest absolute Gasteiger partial charge is 0.269 e. The minimum absolute atomic E-state index is 0.0164. The third kappa shape index (κ3) is 4.42. The average molecular weight is 474 g/mol. The SMILES string of the molecule is Cc1cc(C(c2ccc([N+](=O)[O-])cc2)c2oc(CO)cc(=O)c2O)c2c(C)cc(C(C)C)ccc1-2. The maximum absolute atomic E-state index is 12.5. The van der Waals surface area contributed by atoms with Gasteiger partial charge in [-0.1, -0.05) is 50.2 Å². The number of aromatic hydroxyl groups is 1. The van der Waals surface area contributed by atoms with Crippen molar-refractivity contribution in [2.75, 3.05) is 0 Å². The second-order valence-electron chi connectivity index (χ2n) is 9.12. The van der Waals surface area contributed by atoms with Crippen LogP contribution in [0.3, 0.4) is 0 Å². The summed E-state index contributed by atoms with van der Waals surface area (Å²) in [5.74, 6) is -0.972. The van der Waals surface area contributed by atoms with Crippen molar-refractivity contribution in [1.29, 1.82) is 0 Å². The second kappa shape index (κ2) is 9.35. The molecule has 7 nitrogen and oxygen atoms in total. The van der Waals surface area contributed by atoms with E-state index in [1.54, 1.807) is 12.1 Å². The largest absolute Gasteiger partial charge is 0.502 e. The molecule has 35 heavy (non-hydrogen) atoms. The van der Waals surface area contributed by atoms with Crippen molar-refractivity contribution >= 4 is 5.69 Å². The highest BCUT2D eigenvalue weighted by molar-refractivity contribution is 5.79. The van der Waals surface area contributed by atoms with Crippen LogP contribution in [0.1, 0.15) is 65.0 Å². The lowest BCUT2D eigenvalue weighted by Crippen LogP contribution is -2.11. The molecule has 0 amide bonds. The van der Waals surface area contributed by atoms with Crippen LogP contribution < -0.4 is 5.43 Å². The van der Waals surface area contributed by atoms with Gasteiger partial charge in [-0.15, -0.1) is 0 Å². The molecule has 2 N–H and O–H groups in total. The zero-order valence-electron chi connectivity index (χ0n) is 20.0. The predicted octanol–water partition coefficient (Wildman–Crippen LogP) is 5.77. The maximum atomic E-state index is 12.5. The number of nitro benzene ring substituents is 1. The van der Waals surface area contributed by atoms with Crippen LogP contribution in [0.4, 0.5) is 5.69 Å². The molecule has 0 fully saturated rings. The van der Waals surface area contributed by atoms with Crippen molar-refractivity contribution in [2.45, 2.75) is 46.1 Å². The molecule has 1 aromatic heterocycles. The highest BCUT2D eigenvalue weighted by Gasteiger charge is 2.30. The quantitative estimate of drug-likeness (QED) is 0.271. The van der Waals surface area contributed by atoms with Gasteiger partial charge in [-0.25, -0.2) is 0 Å². The van der Waals surface area contributed by atoms with Gasteiger partial charge in [-0.05, 0) is 58.7 Å². The second-order valence-corrected chi connectivity index (χ2v) is 9.12. The Balaban J connectivity index is 2.06. The summed E-state index contributed by atoms with van der Waals surface area (Å²) < 4.78 is 5.84. The van der Waals surface area contributed by atoms with Gasteiger partial charge in [0.15, 0.2) is 5.76 Å². The molecule has 2 aliphatic carbocycles. The van der Waals surface area contributed by atoms with Crippen molar-refractivity contribution in [3.8, 4) is 16.9 Å². The van der Waals surface area contributed by atoms with E-state index in [2.05, 4.69) is 32.0 Å². The summed E-state index contributed by atoms with van der Waals surface area (Å²) in [4.78, 5) is 23.3. The molecule has 7 heteroatoms. The molecule has 1 atom stereocenters. The van der Waals surface area contributed by atoms with Gasteiger partial charge in [-0.3, -0.25) is 14.9 Å². The Bertz CT molecular complexity index is 1440. The van der Waals surface area contributed by atoms with E-state index in [4.69, 9.17) is 4.42 Å². The van der Waals surface area contributed by atoms with Crippen LogP contribution in [-0.2, 0) is 6.61 Å². The van der Waals surface area contributed by atoms with Gasteiger partial charge in [0.05, 0.1) is 10.8 Å². The van der Waals surface area contributed by atoms with Gasteiger partial charge in [0.1, 0.15) is 12.4 Å². The molecule has 1 heterocycles. The molecule has 0 spiro atoms. The van der Waals surface area contributed by atoms with E-state index < -0.39 is 28.6 Å². The molecule has 0 saturated carbocycles. The molecular weight excluding hydrogens is 446 g/mol. The van der Waals surface area contributed by atoms with Crippen LogP contribution in [0, 0.1) is 24.0 Å². The summed E-state index contributed by atoms with van der Waals surface area (Å²) in [7, 11) is 0. The fourth-order valence-electron chi connectivity index (χ4n) is 4.62. The molecule has 2 aliphatic rings. The molecule has 1 unspecified atom stereocenters. The van der Waals surface area contributed by atoms with E-state index >= 15 is 0 Å². The average Bonchev–Trinajstić information content (AvgIpc) is 3.03. The van der Waals surface area contributed by atoms with Crippen LogP contribution >= 0.6 is 0 Å². The first-order valence-electron chi connectivity index (χ1n) is 11.4. The molecule has 0 saturated heterocycles. The van der Waals surface area contributed by atoms with Gasteiger partial charge in [-0.2, -0.15) is 0 Å². The number of rotatable bonds is 6. The molecule has 1 aromatic carbocycles. The van der Waals surface area contributed by atoms with E-state index in [1.807, 2.05) is 19.9 Å². The Hall–Kier alpha value is -3.97. The number of hydrogen-bond acceptors (Lipinski definition) is 6. The lowest BCUT2D eigenvalue weighted by Gasteiger charge is -2.20. The third-order valence-corrected chi connectivity index (χ3v) is 6.41. The fourth-order valence-corrected chi connectivity index (χ4v) is 4.62. The number of aliphatic hydroxyl groups is 1. The summed E-state index contributed by atoms with van der Waals surface area (Å²) >= 11 is 0. The van der Waals surface area contributed by atoms with Crippen molar-refractivity contribution in [3.05, 3.63) is 114 Å². The first-order chi connectivity index (χ1) is 16.6. The summed E-state index contributed by atoms with van der Waals surface area (Å²) in [6.07, 6.45) is 0. The van der Waals surface area contributed by atoms with Gasteiger partial charge >= 0.3 is 0 Å². The Morgan fingerprint density at radius 3 is 2.23 bits per heavy atom. The molecule has 0 radical (unpaired) electrons. The summed E-state index contributed by atoms with van der Waals surface area (Å²) in [5, 5.41) is 31.6. The first-order valence-corrected chi connectivity index (χ1v) is 11.4. The van der Waals surface area contributed by atoms with Crippen molar-refractivity contribution in [3.63, 3.8) is 0 Å². The van der Waals surface area contributed by atoms with Gasteiger partial charge in [0, 0.05) is 18.2 Å². The number of aryl methyl sites for hydroxylation is 2. The van der Waals surface area contributed by atoms with E-state index in [0.717, 1.165) is 33.9 Å². The van der Waals surface area contributed by atoms with Crippen molar-refractivity contribution < 1.29 is 19.6 Å². The van der Waals surface area contributed by atoms with Crippen LogP contribution in [0.5, 0.6) is 5.75 Å². The lowest BCUT2D eigenvalue weighted by atomic mass is 9.86. The number of nitrogens with zero attached hydrogens (tertiary/aromatic N) is 1. The standard InChI is InChI=1S/C28H27NO6/c1-15(2)19-7-10-22-16(3)12-23(25(22)17(4)11-19)26(18-5-8-20(9-6-18)29(33)34)28-27(32)24(31)13-21(14-30)35-28/h5-13,15,26,30,32H,14H2,1-4H3. The Morgan fingerprint density at radius 2 is 1.63 bits per heavy atom. The molecule has 0 bridgehead atoms. The predicted molar refractivity (Wildman–Crippen MR) is 133 cm³/mol. The van der Waals surface area contributed by atoms with Gasteiger partial charge in [0.25, 0.3) is 5.69 Å². The molecule has 0 aliphatic heterocycles. The topological polar surface area (TPSA) is 114 Å². The summed E-state index contributed by atoms with van der Waals surface area (Å²) in [6.45, 7) is 7.75. The fraction of sp³-hybridized carbons (Fsp3) is 0.250. The first kappa shape index (κ1) is 24.2. The highest BCUT2D eigenvalue weighted by atomic mass is 16.6.